The summed E-state index contributed by atoms with van der Waals surface area (Å²) in [5.41, 5.74) is 2.04. The van der Waals surface area contributed by atoms with Crippen LogP contribution in [0.5, 0.6) is 5.88 Å². The Kier molecular flexibility index (Phi) is 11.6. The van der Waals surface area contributed by atoms with E-state index in [0.717, 1.165) is 42.4 Å². The van der Waals surface area contributed by atoms with Gasteiger partial charge in [0, 0.05) is 30.8 Å². The first kappa shape index (κ1) is 25.2. The molecule has 0 fully saturated rings. The number of halogens is 1. The summed E-state index contributed by atoms with van der Waals surface area (Å²) in [5, 5.41) is 10.7. The Labute approximate surface area is 191 Å². The van der Waals surface area contributed by atoms with Gasteiger partial charge in [0.1, 0.15) is 0 Å². The zero-order valence-corrected chi connectivity index (χ0v) is 20.4. The Morgan fingerprint density at radius 2 is 1.93 bits per heavy atom. The van der Waals surface area contributed by atoms with E-state index in [-0.39, 0.29) is 30.1 Å². The number of hydrogen-bond acceptors (Lipinski definition) is 5. The number of rotatable bonds is 10. The van der Waals surface area contributed by atoms with Crippen molar-refractivity contribution in [1.29, 1.82) is 0 Å². The monoisotopic (exact) mass is 515 g/mol. The molecule has 0 bridgehead atoms. The van der Waals surface area contributed by atoms with Crippen LogP contribution in [0.25, 0.3) is 0 Å². The number of ether oxygens (including phenoxy) is 1. The van der Waals surface area contributed by atoms with Gasteiger partial charge >= 0.3 is 0 Å². The van der Waals surface area contributed by atoms with Gasteiger partial charge in [0.2, 0.25) is 5.88 Å². The van der Waals surface area contributed by atoms with Crippen LogP contribution in [0.2, 0.25) is 0 Å². The van der Waals surface area contributed by atoms with E-state index >= 15 is 0 Å². The van der Waals surface area contributed by atoms with Crippen LogP contribution in [0.3, 0.4) is 0 Å². The molecule has 0 unspecified atom stereocenters. The molecule has 0 spiro atoms. The van der Waals surface area contributed by atoms with E-state index in [1.165, 1.54) is 0 Å². The fourth-order valence-electron chi connectivity index (χ4n) is 2.81. The predicted molar refractivity (Wildman–Crippen MR) is 127 cm³/mol. The second-order valence-electron chi connectivity index (χ2n) is 6.95. The van der Waals surface area contributed by atoms with Crippen LogP contribution >= 0.6 is 24.0 Å². The minimum atomic E-state index is 0. The molecule has 29 heavy (non-hydrogen) atoms. The maximum Gasteiger partial charge on any atom is 0.213 e. The van der Waals surface area contributed by atoms with Crippen molar-refractivity contribution >= 4 is 29.9 Å². The van der Waals surface area contributed by atoms with Gasteiger partial charge in [-0.2, -0.15) is 0 Å². The van der Waals surface area contributed by atoms with Gasteiger partial charge in [-0.15, -0.1) is 24.0 Å². The normalized spacial score (nSPS) is 11.5. The van der Waals surface area contributed by atoms with Gasteiger partial charge < -0.3 is 19.9 Å². The van der Waals surface area contributed by atoms with Crippen LogP contribution in [-0.4, -0.2) is 28.7 Å². The topological polar surface area (TPSA) is 84.6 Å². The van der Waals surface area contributed by atoms with E-state index in [2.05, 4.69) is 39.6 Å². The quantitative estimate of drug-likeness (QED) is 0.273. The molecule has 8 heteroatoms. The van der Waals surface area contributed by atoms with Crippen molar-refractivity contribution in [2.75, 3.05) is 6.54 Å². The Bertz CT molecular complexity index is 727. The lowest BCUT2D eigenvalue weighted by molar-refractivity contribution is 0.232. The van der Waals surface area contributed by atoms with Crippen LogP contribution in [0.4, 0.5) is 0 Å². The second kappa shape index (κ2) is 13.4. The highest BCUT2D eigenvalue weighted by Gasteiger charge is 2.13. The maximum absolute atomic E-state index is 5.57. The molecule has 0 aromatic carbocycles. The molecule has 0 atom stereocenters. The molecular formula is C21H34IN5O2. The third-order valence-electron chi connectivity index (χ3n) is 4.33. The number of hydrogen-bond donors (Lipinski definition) is 2. The van der Waals surface area contributed by atoms with Gasteiger partial charge in [-0.25, -0.2) is 9.98 Å². The summed E-state index contributed by atoms with van der Waals surface area (Å²) in [5.74, 6) is 2.62. The highest BCUT2D eigenvalue weighted by atomic mass is 127. The summed E-state index contributed by atoms with van der Waals surface area (Å²) in [6.07, 6.45) is 4.04. The first-order valence-electron chi connectivity index (χ1n) is 10.1. The third kappa shape index (κ3) is 8.59. The lowest BCUT2D eigenvalue weighted by Crippen LogP contribution is -2.36. The van der Waals surface area contributed by atoms with Crippen molar-refractivity contribution in [2.45, 2.75) is 72.6 Å². The molecule has 2 aromatic rings. The molecule has 0 saturated heterocycles. The average molecular weight is 515 g/mol. The Morgan fingerprint density at radius 3 is 2.52 bits per heavy atom. The van der Waals surface area contributed by atoms with Crippen molar-refractivity contribution < 1.29 is 9.26 Å². The summed E-state index contributed by atoms with van der Waals surface area (Å²) >= 11 is 0. The Morgan fingerprint density at radius 1 is 1.17 bits per heavy atom. The van der Waals surface area contributed by atoms with E-state index in [1.807, 2.05) is 39.0 Å². The van der Waals surface area contributed by atoms with Gasteiger partial charge in [-0.3, -0.25) is 0 Å². The van der Waals surface area contributed by atoms with Crippen molar-refractivity contribution in [1.82, 2.24) is 20.8 Å². The molecule has 0 aliphatic rings. The van der Waals surface area contributed by atoms with E-state index in [0.29, 0.717) is 24.9 Å². The summed E-state index contributed by atoms with van der Waals surface area (Å²) in [7, 11) is 0. The van der Waals surface area contributed by atoms with Crippen LogP contribution in [0, 0.1) is 0 Å². The summed E-state index contributed by atoms with van der Waals surface area (Å²) in [6, 6.07) is 5.89. The first-order chi connectivity index (χ1) is 13.5. The van der Waals surface area contributed by atoms with Gasteiger partial charge in [-0.05, 0) is 39.2 Å². The molecule has 0 radical (unpaired) electrons. The molecule has 0 amide bonds. The smallest absolute Gasteiger partial charge is 0.213 e. The van der Waals surface area contributed by atoms with E-state index in [1.54, 1.807) is 6.20 Å². The zero-order chi connectivity index (χ0) is 20.4. The van der Waals surface area contributed by atoms with Gasteiger partial charge in [0.25, 0.3) is 0 Å². The number of pyridine rings is 1. The molecule has 0 aliphatic carbocycles. The minimum absolute atomic E-state index is 0. The Hall–Kier alpha value is -1.84. The molecule has 0 aliphatic heterocycles. The lowest BCUT2D eigenvalue weighted by atomic mass is 9.99. The molecular weight excluding hydrogens is 481 g/mol. The molecule has 162 valence electrons. The van der Waals surface area contributed by atoms with Gasteiger partial charge in [0.05, 0.1) is 24.9 Å². The molecule has 2 rings (SSSR count). The molecule has 2 N–H and O–H groups in total. The molecule has 2 aromatic heterocycles. The average Bonchev–Trinajstić information content (AvgIpc) is 3.14. The van der Waals surface area contributed by atoms with Crippen LogP contribution in [0.1, 0.15) is 70.4 Å². The molecule has 7 nitrogen and oxygen atoms in total. The van der Waals surface area contributed by atoms with Crippen molar-refractivity contribution in [2.24, 2.45) is 4.99 Å². The predicted octanol–water partition coefficient (Wildman–Crippen LogP) is 4.63. The van der Waals surface area contributed by atoms with Gasteiger partial charge in [-0.1, -0.05) is 25.1 Å². The van der Waals surface area contributed by atoms with Crippen LogP contribution in [-0.2, 0) is 13.1 Å². The summed E-state index contributed by atoms with van der Waals surface area (Å²) < 4.78 is 11.0. The Balaban J connectivity index is 0.00000420. The fourth-order valence-corrected chi connectivity index (χ4v) is 2.81. The lowest BCUT2D eigenvalue weighted by Gasteiger charge is -2.10. The summed E-state index contributed by atoms with van der Waals surface area (Å²) in [6.45, 7) is 12.2. The number of aliphatic imine (C=N–C) groups is 1. The SMILES string of the molecule is CCNC(=NCc1ccc(OC(C)C)nc1)NCc1cc(C(CC)CC)no1.I. The number of nitrogens with zero attached hydrogens (tertiary/aromatic N) is 3. The number of guanidine groups is 1. The standard InChI is InChI=1S/C21H33N5O2.HI/c1-6-17(7-2)19-11-18(28-26-19)14-25-21(22-8-3)24-13-16-9-10-20(23-12-16)27-15(4)5;/h9-12,15,17H,6-8,13-14H2,1-5H3,(H2,22,24,25);1H. The minimum Gasteiger partial charge on any atom is -0.475 e. The van der Waals surface area contributed by atoms with E-state index in [4.69, 9.17) is 9.26 Å². The highest BCUT2D eigenvalue weighted by Crippen LogP contribution is 2.22. The molecule has 0 saturated carbocycles. The largest absolute Gasteiger partial charge is 0.475 e. The van der Waals surface area contributed by atoms with E-state index < -0.39 is 0 Å². The maximum atomic E-state index is 5.57. The third-order valence-corrected chi connectivity index (χ3v) is 4.33. The van der Waals surface area contributed by atoms with E-state index in [9.17, 15) is 0 Å². The molecule has 2 heterocycles. The van der Waals surface area contributed by atoms with Crippen molar-refractivity contribution in [3.05, 3.63) is 41.4 Å². The summed E-state index contributed by atoms with van der Waals surface area (Å²) in [4.78, 5) is 8.93. The van der Waals surface area contributed by atoms with Crippen molar-refractivity contribution in [3.63, 3.8) is 0 Å². The highest BCUT2D eigenvalue weighted by molar-refractivity contribution is 14.0. The van der Waals surface area contributed by atoms with Crippen LogP contribution < -0.4 is 15.4 Å². The first-order valence-corrected chi connectivity index (χ1v) is 10.1. The zero-order valence-electron chi connectivity index (χ0n) is 18.1. The number of aromatic nitrogens is 2. The fraction of sp³-hybridized carbons (Fsp3) is 0.571. The number of nitrogens with one attached hydrogen (secondary N) is 2. The van der Waals surface area contributed by atoms with Gasteiger partial charge in [0.15, 0.2) is 11.7 Å². The van der Waals surface area contributed by atoms with Crippen molar-refractivity contribution in [3.8, 4) is 5.88 Å². The van der Waals surface area contributed by atoms with Crippen LogP contribution in [0.15, 0.2) is 33.9 Å². The second-order valence-corrected chi connectivity index (χ2v) is 6.95.